The van der Waals surface area contributed by atoms with Gasteiger partial charge in [0.1, 0.15) is 0 Å². The molecule has 0 atom stereocenters. The van der Waals surface area contributed by atoms with E-state index in [-0.39, 0.29) is 0 Å². The highest BCUT2D eigenvalue weighted by Gasteiger charge is 1.77. The lowest BCUT2D eigenvalue weighted by Crippen LogP contribution is -1.73. The monoisotopic (exact) mass is 96.1 g/mol. The highest BCUT2D eigenvalue weighted by Crippen LogP contribution is 1.91. The molecule has 0 saturated heterocycles. The molecule has 0 N–H and O–H groups in total. The van der Waals surface area contributed by atoms with Crippen molar-refractivity contribution in [3.05, 3.63) is 24.8 Å². The first kappa shape index (κ1) is 6.48. The molecule has 0 unspecified atom stereocenters. The van der Waals surface area contributed by atoms with Crippen LogP contribution in [-0.4, -0.2) is 0 Å². The van der Waals surface area contributed by atoms with Crippen LogP contribution < -0.4 is 0 Å². The van der Waals surface area contributed by atoms with Gasteiger partial charge < -0.3 is 0 Å². The largest absolute Gasteiger partial charge is 0.0991 e. The van der Waals surface area contributed by atoms with Crippen molar-refractivity contribution in [2.75, 3.05) is 0 Å². The number of hydrogen-bond donors (Lipinski definition) is 0. The van der Waals surface area contributed by atoms with E-state index >= 15 is 0 Å². The molecule has 0 rings (SSSR count). The first-order chi connectivity index (χ1) is 3.27. The summed E-state index contributed by atoms with van der Waals surface area (Å²) >= 11 is 0. The molecule has 0 aliphatic rings. The van der Waals surface area contributed by atoms with Gasteiger partial charge in [-0.05, 0) is 5.92 Å². The van der Waals surface area contributed by atoms with E-state index in [9.17, 15) is 0 Å². The maximum atomic E-state index is 3.55. The van der Waals surface area contributed by atoms with Gasteiger partial charge in [0.25, 0.3) is 0 Å². The second kappa shape index (κ2) is 3.66. The molecule has 0 aliphatic heterocycles. The van der Waals surface area contributed by atoms with E-state index in [1.54, 1.807) is 6.08 Å². The quantitative estimate of drug-likeness (QED) is 0.463. The van der Waals surface area contributed by atoms with Crippen LogP contribution >= 0.6 is 0 Å². The minimum absolute atomic E-state index is 0.651. The van der Waals surface area contributed by atoms with E-state index in [0.29, 0.717) is 5.92 Å². The van der Waals surface area contributed by atoms with Crippen molar-refractivity contribution in [3.63, 3.8) is 0 Å². The predicted octanol–water partition coefficient (Wildman–Crippen LogP) is 2.38. The Morgan fingerprint density at radius 1 is 1.43 bits per heavy atom. The number of hydrogen-bond acceptors (Lipinski definition) is 0. The molecule has 0 saturated carbocycles. The first-order valence-electron chi connectivity index (χ1n) is 2.56. The van der Waals surface area contributed by atoms with Gasteiger partial charge in [0.2, 0.25) is 0 Å². The summed E-state index contributed by atoms with van der Waals surface area (Å²) in [6, 6.07) is 0. The van der Waals surface area contributed by atoms with Crippen LogP contribution in [0.1, 0.15) is 13.8 Å². The first-order valence-corrected chi connectivity index (χ1v) is 2.56. The van der Waals surface area contributed by atoms with Gasteiger partial charge in [0.05, 0.1) is 0 Å². The Hall–Kier alpha value is -0.520. The van der Waals surface area contributed by atoms with Crippen molar-refractivity contribution >= 4 is 0 Å². The lowest BCUT2D eigenvalue weighted by molar-refractivity contribution is 0.832. The molecule has 0 aromatic rings. The number of rotatable bonds is 2. The van der Waals surface area contributed by atoms with E-state index in [4.69, 9.17) is 0 Å². The van der Waals surface area contributed by atoms with Crippen LogP contribution in [0.25, 0.3) is 0 Å². The zero-order chi connectivity index (χ0) is 5.70. The van der Waals surface area contributed by atoms with E-state index < -0.39 is 0 Å². The van der Waals surface area contributed by atoms with E-state index in [1.807, 2.05) is 6.08 Å². The van der Waals surface area contributed by atoms with E-state index in [1.165, 1.54) is 0 Å². The van der Waals surface area contributed by atoms with Gasteiger partial charge in [0, 0.05) is 0 Å². The highest BCUT2D eigenvalue weighted by molar-refractivity contribution is 4.98. The summed E-state index contributed by atoms with van der Waals surface area (Å²) in [6.45, 7) is 7.82. The summed E-state index contributed by atoms with van der Waals surface area (Å²) in [5.41, 5.74) is 0. The second-order valence-electron chi connectivity index (χ2n) is 1.86. The Labute approximate surface area is 45.5 Å². The van der Waals surface area contributed by atoms with Gasteiger partial charge in [-0.1, -0.05) is 38.7 Å². The third kappa shape index (κ3) is 5.48. The van der Waals surface area contributed by atoms with Crippen molar-refractivity contribution < 1.29 is 0 Å². The standard InChI is InChI=1S/C7H12/c1-4-5-6-7(2)3/h4-7H,1H2,2-3H3/b6-5+. The maximum Gasteiger partial charge on any atom is -0.0287 e. The molecule has 0 nitrogen and oxygen atoms in total. The third-order valence-corrected chi connectivity index (χ3v) is 0.632. The minimum Gasteiger partial charge on any atom is -0.0991 e. The van der Waals surface area contributed by atoms with Gasteiger partial charge in [-0.15, -0.1) is 0 Å². The summed E-state index contributed by atoms with van der Waals surface area (Å²) in [6.07, 6.45) is 5.86. The van der Waals surface area contributed by atoms with Crippen LogP contribution in [0.4, 0.5) is 0 Å². The van der Waals surface area contributed by atoms with Crippen LogP contribution in [0.15, 0.2) is 24.8 Å². The zero-order valence-corrected chi connectivity index (χ0v) is 5.02. The van der Waals surface area contributed by atoms with Crippen LogP contribution in [0, 0.1) is 5.92 Å². The molecule has 40 valence electrons. The fraction of sp³-hybridized carbons (Fsp3) is 0.429. The topological polar surface area (TPSA) is 0 Å². The molecule has 0 heterocycles. The molecule has 0 bridgehead atoms. The minimum atomic E-state index is 0.651. The van der Waals surface area contributed by atoms with Gasteiger partial charge in [-0.2, -0.15) is 0 Å². The summed E-state index contributed by atoms with van der Waals surface area (Å²) in [7, 11) is 0. The van der Waals surface area contributed by atoms with Crippen molar-refractivity contribution in [2.24, 2.45) is 5.92 Å². The van der Waals surface area contributed by atoms with Gasteiger partial charge in [-0.3, -0.25) is 0 Å². The van der Waals surface area contributed by atoms with Gasteiger partial charge in [-0.25, -0.2) is 0 Å². The van der Waals surface area contributed by atoms with Gasteiger partial charge >= 0.3 is 0 Å². The average Bonchev–Trinajstić information content (AvgIpc) is 1.61. The Bertz CT molecular complexity index is 68.1. The van der Waals surface area contributed by atoms with Crippen LogP contribution in [0.2, 0.25) is 0 Å². The molecular formula is C7H12. The average molecular weight is 96.2 g/mol. The van der Waals surface area contributed by atoms with Crippen molar-refractivity contribution in [1.29, 1.82) is 0 Å². The zero-order valence-electron chi connectivity index (χ0n) is 5.02. The van der Waals surface area contributed by atoms with Crippen molar-refractivity contribution in [2.45, 2.75) is 13.8 Å². The molecule has 0 aromatic carbocycles. The molecule has 0 radical (unpaired) electrons. The van der Waals surface area contributed by atoms with E-state index in [2.05, 4.69) is 26.5 Å². The summed E-state index contributed by atoms with van der Waals surface area (Å²) in [4.78, 5) is 0. The fourth-order valence-corrected chi connectivity index (χ4v) is 0.301. The van der Waals surface area contributed by atoms with Crippen molar-refractivity contribution in [3.8, 4) is 0 Å². The molecule has 0 amide bonds. The Balaban J connectivity index is 3.25. The van der Waals surface area contributed by atoms with Crippen molar-refractivity contribution in [1.82, 2.24) is 0 Å². The molecule has 0 fully saturated rings. The number of allylic oxidation sites excluding steroid dienone is 3. The molecule has 0 spiro atoms. The Kier molecular flexibility index (Phi) is 3.39. The molecule has 7 heavy (non-hydrogen) atoms. The predicted molar refractivity (Wildman–Crippen MR) is 34.2 cm³/mol. The van der Waals surface area contributed by atoms with Crippen LogP contribution in [0.5, 0.6) is 0 Å². The lowest BCUT2D eigenvalue weighted by atomic mass is 10.2. The normalized spacial score (nSPS) is 10.7. The van der Waals surface area contributed by atoms with Crippen LogP contribution in [0.3, 0.4) is 0 Å². The Morgan fingerprint density at radius 2 is 2.00 bits per heavy atom. The van der Waals surface area contributed by atoms with E-state index in [0.717, 1.165) is 0 Å². The van der Waals surface area contributed by atoms with Crippen LogP contribution in [-0.2, 0) is 0 Å². The highest BCUT2D eigenvalue weighted by atomic mass is 13.8. The molecule has 0 aromatic heterocycles. The molecule has 0 heteroatoms. The summed E-state index contributed by atoms with van der Waals surface area (Å²) in [5, 5.41) is 0. The summed E-state index contributed by atoms with van der Waals surface area (Å²) in [5.74, 6) is 0.651. The third-order valence-electron chi connectivity index (χ3n) is 0.632. The SMILES string of the molecule is C=C/C=C/C(C)C. The second-order valence-corrected chi connectivity index (χ2v) is 1.86. The molecule has 0 aliphatic carbocycles. The Morgan fingerprint density at radius 3 is 2.14 bits per heavy atom. The van der Waals surface area contributed by atoms with Gasteiger partial charge in [0.15, 0.2) is 0 Å². The smallest absolute Gasteiger partial charge is 0.0287 e. The lowest BCUT2D eigenvalue weighted by Gasteiger charge is -1.87. The summed E-state index contributed by atoms with van der Waals surface area (Å²) < 4.78 is 0. The fourth-order valence-electron chi connectivity index (χ4n) is 0.301. The maximum absolute atomic E-state index is 3.55. The molecular weight excluding hydrogens is 84.1 g/mol.